The molecule has 4 rings (SSSR count). The maximum absolute atomic E-state index is 6.14. The minimum Gasteiger partial charge on any atom is -0.384 e. The quantitative estimate of drug-likeness (QED) is 0.690. The number of rotatable bonds is 4. The molecule has 0 bridgehead atoms. The zero-order valence-corrected chi connectivity index (χ0v) is 14.8. The molecular weight excluding hydrogens is 341 g/mol. The molecule has 2 heterocycles. The van der Waals surface area contributed by atoms with E-state index in [0.717, 1.165) is 48.3 Å². The Balaban J connectivity index is 1.40. The van der Waals surface area contributed by atoms with Gasteiger partial charge < -0.3 is 10.3 Å². The van der Waals surface area contributed by atoms with E-state index in [9.17, 15) is 0 Å². The largest absolute Gasteiger partial charge is 0.384 e. The van der Waals surface area contributed by atoms with Gasteiger partial charge in [0.05, 0.1) is 0 Å². The van der Waals surface area contributed by atoms with Gasteiger partial charge in [-0.25, -0.2) is 0 Å². The van der Waals surface area contributed by atoms with Gasteiger partial charge >= 0.3 is 0 Å². The van der Waals surface area contributed by atoms with Crippen molar-refractivity contribution in [3.63, 3.8) is 0 Å². The van der Waals surface area contributed by atoms with E-state index < -0.39 is 0 Å². The molecule has 24 heavy (non-hydrogen) atoms. The third kappa shape index (κ3) is 3.25. The predicted molar refractivity (Wildman–Crippen MR) is 102 cm³/mol. The van der Waals surface area contributed by atoms with Crippen LogP contribution in [0, 0.1) is 0 Å². The van der Waals surface area contributed by atoms with Gasteiger partial charge in [-0.05, 0) is 48.4 Å². The minimum absolute atomic E-state index is 0.763. The van der Waals surface area contributed by atoms with Gasteiger partial charge in [0.1, 0.15) is 0 Å². The second kappa shape index (κ2) is 6.67. The van der Waals surface area contributed by atoms with Crippen molar-refractivity contribution in [2.24, 2.45) is 0 Å². The lowest BCUT2D eigenvalue weighted by Gasteiger charge is -2.27. The van der Waals surface area contributed by atoms with Crippen molar-refractivity contribution in [1.29, 1.82) is 0 Å². The fourth-order valence-corrected chi connectivity index (χ4v) is 3.78. The van der Waals surface area contributed by atoms with Crippen LogP contribution < -0.4 is 5.32 Å². The first-order valence-corrected chi connectivity index (χ1v) is 8.95. The highest BCUT2D eigenvalue weighted by molar-refractivity contribution is 6.31. The van der Waals surface area contributed by atoms with Crippen LogP contribution in [0.25, 0.3) is 10.9 Å². The highest BCUT2D eigenvalue weighted by Gasteiger charge is 2.20. The molecule has 1 aliphatic heterocycles. The van der Waals surface area contributed by atoms with Crippen molar-refractivity contribution < 1.29 is 0 Å². The number of aromatic amines is 1. The summed E-state index contributed by atoms with van der Waals surface area (Å²) < 4.78 is 0. The van der Waals surface area contributed by atoms with Crippen LogP contribution in [0.3, 0.4) is 0 Å². The normalized spacial score (nSPS) is 14.8. The molecule has 0 amide bonds. The van der Waals surface area contributed by atoms with Crippen LogP contribution in [0.5, 0.6) is 0 Å². The summed E-state index contributed by atoms with van der Waals surface area (Å²) in [5, 5.41) is 6.28. The van der Waals surface area contributed by atoms with Crippen LogP contribution in [-0.4, -0.2) is 29.5 Å². The van der Waals surface area contributed by atoms with E-state index >= 15 is 0 Å². The molecule has 0 atom stereocenters. The monoisotopic (exact) mass is 359 g/mol. The van der Waals surface area contributed by atoms with Crippen molar-refractivity contribution in [3.8, 4) is 0 Å². The van der Waals surface area contributed by atoms with E-state index in [1.807, 2.05) is 30.3 Å². The molecule has 0 saturated carbocycles. The summed E-state index contributed by atoms with van der Waals surface area (Å²) in [5.41, 5.74) is 5.00. The summed E-state index contributed by atoms with van der Waals surface area (Å²) in [6.45, 7) is 3.94. The maximum atomic E-state index is 6.14. The Kier molecular flexibility index (Phi) is 4.40. The summed E-state index contributed by atoms with van der Waals surface area (Å²) in [6.07, 6.45) is 1.06. The first kappa shape index (κ1) is 15.8. The second-order valence-electron chi connectivity index (χ2n) is 6.24. The van der Waals surface area contributed by atoms with E-state index in [1.165, 1.54) is 22.2 Å². The van der Waals surface area contributed by atoms with Crippen molar-refractivity contribution >= 4 is 39.8 Å². The van der Waals surface area contributed by atoms with E-state index in [1.54, 1.807) is 0 Å². The number of nitrogens with zero attached hydrogens (tertiary/aromatic N) is 1. The highest BCUT2D eigenvalue weighted by atomic mass is 35.5. The van der Waals surface area contributed by atoms with Gasteiger partial charge in [0, 0.05) is 58.5 Å². The first-order chi connectivity index (χ1) is 11.7. The standard InChI is InChI=1S/C19H19Cl2N3/c20-13-2-1-3-15(10-13)22-7-9-24-8-6-16-17-11-14(21)4-5-18(17)23-19(16)12-24/h1-5,10-11,22-23H,6-9,12H2. The molecule has 3 nitrogen and oxygen atoms in total. The second-order valence-corrected chi connectivity index (χ2v) is 7.11. The molecule has 3 aromatic rings. The fourth-order valence-electron chi connectivity index (χ4n) is 3.42. The lowest BCUT2D eigenvalue weighted by Crippen LogP contribution is -2.34. The predicted octanol–water partition coefficient (Wildman–Crippen LogP) is 4.94. The summed E-state index contributed by atoms with van der Waals surface area (Å²) in [6, 6.07) is 13.9. The molecule has 1 aromatic heterocycles. The third-order valence-electron chi connectivity index (χ3n) is 4.60. The average Bonchev–Trinajstić information content (AvgIpc) is 2.92. The Morgan fingerprint density at radius 3 is 2.83 bits per heavy atom. The number of halogens is 2. The third-order valence-corrected chi connectivity index (χ3v) is 5.07. The number of anilines is 1. The van der Waals surface area contributed by atoms with Crippen LogP contribution in [0.1, 0.15) is 11.3 Å². The Bertz CT molecular complexity index is 872. The SMILES string of the molecule is Clc1cccc(NCCN2CCc3c([nH]c4ccc(Cl)cc34)C2)c1. The first-order valence-electron chi connectivity index (χ1n) is 8.20. The Hall–Kier alpha value is -1.68. The summed E-state index contributed by atoms with van der Waals surface area (Å²) in [4.78, 5) is 6.02. The Morgan fingerprint density at radius 1 is 1.08 bits per heavy atom. The highest BCUT2D eigenvalue weighted by Crippen LogP contribution is 2.29. The van der Waals surface area contributed by atoms with Gasteiger partial charge in [-0.15, -0.1) is 0 Å². The van der Waals surface area contributed by atoms with E-state index in [0.29, 0.717) is 0 Å². The fraction of sp³-hybridized carbons (Fsp3) is 0.263. The lowest BCUT2D eigenvalue weighted by molar-refractivity contribution is 0.262. The molecule has 0 unspecified atom stereocenters. The number of hydrogen-bond acceptors (Lipinski definition) is 2. The van der Waals surface area contributed by atoms with Gasteiger partial charge in [0.2, 0.25) is 0 Å². The van der Waals surface area contributed by atoms with Crippen LogP contribution in [0.2, 0.25) is 10.0 Å². The van der Waals surface area contributed by atoms with E-state index in [4.69, 9.17) is 23.2 Å². The summed E-state index contributed by atoms with van der Waals surface area (Å²) in [5.74, 6) is 0. The zero-order valence-electron chi connectivity index (χ0n) is 13.3. The smallest absolute Gasteiger partial charge is 0.0460 e. The number of hydrogen-bond donors (Lipinski definition) is 2. The molecule has 0 aliphatic carbocycles. The average molecular weight is 360 g/mol. The molecular formula is C19H19Cl2N3. The van der Waals surface area contributed by atoms with Crippen LogP contribution in [0.4, 0.5) is 5.69 Å². The molecule has 0 radical (unpaired) electrons. The molecule has 2 N–H and O–H groups in total. The van der Waals surface area contributed by atoms with E-state index in [-0.39, 0.29) is 0 Å². The number of H-pyrrole nitrogens is 1. The maximum Gasteiger partial charge on any atom is 0.0460 e. The number of aromatic nitrogens is 1. The summed E-state index contributed by atoms with van der Waals surface area (Å²) >= 11 is 12.2. The van der Waals surface area contributed by atoms with Gasteiger partial charge in [0.15, 0.2) is 0 Å². The van der Waals surface area contributed by atoms with Gasteiger partial charge in [-0.1, -0.05) is 29.3 Å². The molecule has 0 fully saturated rings. The molecule has 0 saturated heterocycles. The Labute approximate surface area is 151 Å². The molecule has 2 aromatic carbocycles. The number of nitrogens with one attached hydrogen (secondary N) is 2. The zero-order chi connectivity index (χ0) is 16.5. The van der Waals surface area contributed by atoms with Crippen LogP contribution in [-0.2, 0) is 13.0 Å². The van der Waals surface area contributed by atoms with Gasteiger partial charge in [-0.3, -0.25) is 4.90 Å². The molecule has 0 spiro atoms. The molecule has 1 aliphatic rings. The van der Waals surface area contributed by atoms with Crippen molar-refractivity contribution in [1.82, 2.24) is 9.88 Å². The minimum atomic E-state index is 0.763. The van der Waals surface area contributed by atoms with Crippen LogP contribution >= 0.6 is 23.2 Å². The lowest BCUT2D eigenvalue weighted by atomic mass is 10.0. The van der Waals surface area contributed by atoms with Crippen molar-refractivity contribution in [3.05, 3.63) is 63.8 Å². The van der Waals surface area contributed by atoms with Crippen LogP contribution in [0.15, 0.2) is 42.5 Å². The number of fused-ring (bicyclic) bond motifs is 3. The molecule has 5 heteroatoms. The Morgan fingerprint density at radius 2 is 1.96 bits per heavy atom. The molecule has 124 valence electrons. The van der Waals surface area contributed by atoms with Crippen molar-refractivity contribution in [2.45, 2.75) is 13.0 Å². The number of benzene rings is 2. The summed E-state index contributed by atoms with van der Waals surface area (Å²) in [7, 11) is 0. The van der Waals surface area contributed by atoms with Gasteiger partial charge in [-0.2, -0.15) is 0 Å². The van der Waals surface area contributed by atoms with E-state index in [2.05, 4.69) is 27.3 Å². The van der Waals surface area contributed by atoms with Gasteiger partial charge in [0.25, 0.3) is 0 Å². The topological polar surface area (TPSA) is 31.1 Å². The van der Waals surface area contributed by atoms with Crippen molar-refractivity contribution in [2.75, 3.05) is 25.0 Å².